The van der Waals surface area contributed by atoms with Gasteiger partial charge in [0.05, 0.1) is 5.56 Å². The molecular weight excluding hydrogens is 310 g/mol. The molecule has 1 atom stereocenters. The first-order valence-corrected chi connectivity index (χ1v) is 9.03. The van der Waals surface area contributed by atoms with E-state index in [0.717, 1.165) is 43.9 Å². The molecule has 0 radical (unpaired) electrons. The van der Waals surface area contributed by atoms with Gasteiger partial charge in [0.2, 0.25) is 0 Å². The van der Waals surface area contributed by atoms with Gasteiger partial charge in [0.1, 0.15) is 0 Å². The quantitative estimate of drug-likeness (QED) is 0.928. The Bertz CT molecular complexity index is 701. The summed E-state index contributed by atoms with van der Waals surface area (Å²) in [5.74, 6) is 0.124. The van der Waals surface area contributed by atoms with Crippen LogP contribution in [0.5, 0.6) is 0 Å². The maximum Gasteiger partial charge on any atom is 0.256 e. The maximum atomic E-state index is 13.1. The number of rotatable bonds is 4. The van der Waals surface area contributed by atoms with E-state index in [1.54, 1.807) is 0 Å². The van der Waals surface area contributed by atoms with Gasteiger partial charge in [0, 0.05) is 45.0 Å². The topological polar surface area (TPSA) is 35.6 Å². The molecule has 1 heterocycles. The van der Waals surface area contributed by atoms with E-state index in [4.69, 9.17) is 0 Å². The van der Waals surface area contributed by atoms with Crippen LogP contribution in [0.2, 0.25) is 0 Å². The molecule has 1 unspecified atom stereocenters. The average molecular weight is 337 g/mol. The lowest BCUT2D eigenvalue weighted by atomic mass is 10.1. The largest absolute Gasteiger partial charge is 0.387 e. The Labute approximate surface area is 150 Å². The zero-order chi connectivity index (χ0) is 17.6. The van der Waals surface area contributed by atoms with Gasteiger partial charge in [0.25, 0.3) is 5.91 Å². The first-order chi connectivity index (χ1) is 12.2. The number of nitrogens with zero attached hydrogens (tertiary/aromatic N) is 2. The summed E-state index contributed by atoms with van der Waals surface area (Å²) in [6.45, 7) is 5.81. The average Bonchev–Trinajstić information content (AvgIpc) is 2.84. The number of para-hydroxylation sites is 1. The van der Waals surface area contributed by atoms with E-state index in [0.29, 0.717) is 0 Å². The van der Waals surface area contributed by atoms with E-state index in [-0.39, 0.29) is 11.9 Å². The molecule has 1 amide bonds. The molecule has 1 saturated heterocycles. The Kier molecular flexibility index (Phi) is 5.71. The van der Waals surface area contributed by atoms with E-state index < -0.39 is 0 Å². The Morgan fingerprint density at radius 1 is 1.04 bits per heavy atom. The van der Waals surface area contributed by atoms with E-state index in [9.17, 15) is 4.79 Å². The van der Waals surface area contributed by atoms with Gasteiger partial charge >= 0.3 is 0 Å². The number of benzene rings is 2. The van der Waals surface area contributed by atoms with Gasteiger partial charge in [-0.2, -0.15) is 0 Å². The van der Waals surface area contributed by atoms with E-state index in [2.05, 4.69) is 41.4 Å². The molecule has 1 aliphatic rings. The van der Waals surface area contributed by atoms with Crippen LogP contribution in [-0.2, 0) is 6.54 Å². The molecule has 0 bridgehead atoms. The molecule has 0 aliphatic carbocycles. The summed E-state index contributed by atoms with van der Waals surface area (Å²) in [5.41, 5.74) is 2.98. The number of carbonyl (C=O) groups excluding carboxylic acids is 1. The molecule has 4 heteroatoms. The van der Waals surface area contributed by atoms with Crippen molar-refractivity contribution in [3.8, 4) is 0 Å². The Balaban J connectivity index is 1.70. The second kappa shape index (κ2) is 8.17. The SMILES string of the molecule is CNc1ccccc1C(=O)N1CCN(Cc2ccccc2)CCC1C. The maximum absolute atomic E-state index is 13.1. The number of hydrogen-bond donors (Lipinski definition) is 1. The highest BCUT2D eigenvalue weighted by Gasteiger charge is 2.26. The molecular formula is C21H27N3O. The number of amides is 1. The molecule has 25 heavy (non-hydrogen) atoms. The van der Waals surface area contributed by atoms with Gasteiger partial charge in [-0.25, -0.2) is 0 Å². The lowest BCUT2D eigenvalue weighted by molar-refractivity contribution is 0.0702. The first-order valence-electron chi connectivity index (χ1n) is 9.03. The Morgan fingerprint density at radius 3 is 2.52 bits per heavy atom. The summed E-state index contributed by atoms with van der Waals surface area (Å²) in [7, 11) is 1.86. The van der Waals surface area contributed by atoms with Gasteiger partial charge in [-0.15, -0.1) is 0 Å². The number of carbonyl (C=O) groups is 1. The molecule has 2 aromatic rings. The van der Waals surface area contributed by atoms with Crippen LogP contribution in [0.4, 0.5) is 5.69 Å². The minimum absolute atomic E-state index is 0.124. The van der Waals surface area contributed by atoms with Crippen LogP contribution in [0.1, 0.15) is 29.3 Å². The second-order valence-corrected chi connectivity index (χ2v) is 6.69. The van der Waals surface area contributed by atoms with Crippen LogP contribution in [0.3, 0.4) is 0 Å². The van der Waals surface area contributed by atoms with Crippen LogP contribution in [0, 0.1) is 0 Å². The molecule has 1 fully saturated rings. The second-order valence-electron chi connectivity index (χ2n) is 6.69. The van der Waals surface area contributed by atoms with Crippen LogP contribution in [0.25, 0.3) is 0 Å². The number of anilines is 1. The standard InChI is InChI=1S/C21H27N3O/c1-17-12-13-23(16-18-8-4-3-5-9-18)14-15-24(17)21(25)19-10-6-7-11-20(19)22-2/h3-11,17,22H,12-16H2,1-2H3. The summed E-state index contributed by atoms with van der Waals surface area (Å²) < 4.78 is 0. The van der Waals surface area contributed by atoms with E-state index >= 15 is 0 Å². The molecule has 1 N–H and O–H groups in total. The van der Waals surface area contributed by atoms with Crippen LogP contribution >= 0.6 is 0 Å². The highest BCUT2D eigenvalue weighted by atomic mass is 16.2. The minimum Gasteiger partial charge on any atom is -0.387 e. The van der Waals surface area contributed by atoms with Crippen LogP contribution in [-0.4, -0.2) is 48.4 Å². The summed E-state index contributed by atoms with van der Waals surface area (Å²) >= 11 is 0. The van der Waals surface area contributed by atoms with E-state index in [1.165, 1.54) is 5.56 Å². The zero-order valence-electron chi connectivity index (χ0n) is 15.1. The van der Waals surface area contributed by atoms with Crippen LogP contribution < -0.4 is 5.32 Å². The van der Waals surface area contributed by atoms with Crippen molar-refractivity contribution in [3.05, 3.63) is 65.7 Å². The normalized spacial score (nSPS) is 18.6. The summed E-state index contributed by atoms with van der Waals surface area (Å²) in [4.78, 5) is 17.6. The van der Waals surface area contributed by atoms with Crippen LogP contribution in [0.15, 0.2) is 54.6 Å². The molecule has 1 aliphatic heterocycles. The van der Waals surface area contributed by atoms with Gasteiger partial charge in [0.15, 0.2) is 0 Å². The van der Waals surface area contributed by atoms with Crippen molar-refractivity contribution in [2.24, 2.45) is 0 Å². The molecule has 0 spiro atoms. The fraction of sp³-hybridized carbons (Fsp3) is 0.381. The summed E-state index contributed by atoms with van der Waals surface area (Å²) in [6.07, 6.45) is 1.00. The number of nitrogens with one attached hydrogen (secondary N) is 1. The third kappa shape index (κ3) is 4.20. The predicted molar refractivity (Wildman–Crippen MR) is 103 cm³/mol. The van der Waals surface area contributed by atoms with E-state index in [1.807, 2.05) is 42.3 Å². The van der Waals surface area contributed by atoms with Gasteiger partial charge in [-0.1, -0.05) is 42.5 Å². The highest BCUT2D eigenvalue weighted by molar-refractivity contribution is 5.99. The molecule has 3 rings (SSSR count). The third-order valence-corrected chi connectivity index (χ3v) is 4.99. The Hall–Kier alpha value is -2.33. The lowest BCUT2D eigenvalue weighted by Crippen LogP contribution is -2.40. The van der Waals surface area contributed by atoms with Crippen molar-refractivity contribution in [3.63, 3.8) is 0 Å². The third-order valence-electron chi connectivity index (χ3n) is 4.99. The minimum atomic E-state index is 0.124. The number of hydrogen-bond acceptors (Lipinski definition) is 3. The molecule has 4 nitrogen and oxygen atoms in total. The first kappa shape index (κ1) is 17.5. The fourth-order valence-corrected chi connectivity index (χ4v) is 3.45. The zero-order valence-corrected chi connectivity index (χ0v) is 15.1. The van der Waals surface area contributed by atoms with Crippen molar-refractivity contribution < 1.29 is 4.79 Å². The monoisotopic (exact) mass is 337 g/mol. The van der Waals surface area contributed by atoms with Crippen molar-refractivity contribution in [1.29, 1.82) is 0 Å². The summed E-state index contributed by atoms with van der Waals surface area (Å²) in [5, 5.41) is 3.13. The summed E-state index contributed by atoms with van der Waals surface area (Å²) in [6, 6.07) is 18.5. The predicted octanol–water partition coefficient (Wildman–Crippen LogP) is 3.46. The highest BCUT2D eigenvalue weighted by Crippen LogP contribution is 2.21. The Morgan fingerprint density at radius 2 is 1.76 bits per heavy atom. The van der Waals surface area contributed by atoms with Gasteiger partial charge in [-0.05, 0) is 31.0 Å². The molecule has 0 saturated carbocycles. The fourth-order valence-electron chi connectivity index (χ4n) is 3.45. The van der Waals surface area contributed by atoms with Crippen molar-refractivity contribution >= 4 is 11.6 Å². The lowest BCUT2D eigenvalue weighted by Gasteiger charge is -2.27. The van der Waals surface area contributed by atoms with Crippen molar-refractivity contribution in [2.45, 2.75) is 25.9 Å². The molecule has 0 aromatic heterocycles. The van der Waals surface area contributed by atoms with Crippen molar-refractivity contribution in [2.75, 3.05) is 32.0 Å². The van der Waals surface area contributed by atoms with Gasteiger partial charge in [-0.3, -0.25) is 9.69 Å². The van der Waals surface area contributed by atoms with Crippen molar-refractivity contribution in [1.82, 2.24) is 9.80 Å². The molecule has 2 aromatic carbocycles. The smallest absolute Gasteiger partial charge is 0.256 e. The molecule has 132 valence electrons. The van der Waals surface area contributed by atoms with Gasteiger partial charge < -0.3 is 10.2 Å².